The summed E-state index contributed by atoms with van der Waals surface area (Å²) >= 11 is 0. The fraction of sp³-hybridized carbons (Fsp3) is 0.500. The summed E-state index contributed by atoms with van der Waals surface area (Å²) in [5.41, 5.74) is 7.98. The minimum atomic E-state index is 0.576. The molecule has 15 heavy (non-hydrogen) atoms. The molecule has 0 heterocycles. The fourth-order valence-electron chi connectivity index (χ4n) is 1.50. The molecule has 1 aromatic rings. The van der Waals surface area contributed by atoms with Crippen molar-refractivity contribution < 1.29 is 4.74 Å². The van der Waals surface area contributed by atoms with Gasteiger partial charge in [0, 0.05) is 13.2 Å². The van der Waals surface area contributed by atoms with E-state index in [1.165, 1.54) is 11.1 Å². The molecular weight excluding hydrogens is 188 g/mol. The Kier molecular flexibility index (Phi) is 4.59. The maximum absolute atomic E-state index is 5.54. The first-order chi connectivity index (χ1) is 7.17. The monoisotopic (exact) mass is 208 g/mol. The second-order valence-electron chi connectivity index (χ2n) is 3.73. The molecule has 3 heteroatoms. The van der Waals surface area contributed by atoms with Gasteiger partial charge in [0.05, 0.1) is 6.61 Å². The normalized spacial score (nSPS) is 10.7. The van der Waals surface area contributed by atoms with Gasteiger partial charge in [-0.25, -0.2) is 0 Å². The fourth-order valence-corrected chi connectivity index (χ4v) is 1.50. The molecule has 0 saturated heterocycles. The zero-order chi connectivity index (χ0) is 11.3. The summed E-state index contributed by atoms with van der Waals surface area (Å²) in [4.78, 5) is 2.06. The molecular formula is C12H20N2O. The molecule has 84 valence electrons. The summed E-state index contributed by atoms with van der Waals surface area (Å²) in [7, 11) is 2.01. The minimum absolute atomic E-state index is 0.576. The van der Waals surface area contributed by atoms with Crippen molar-refractivity contribution in [1.29, 1.82) is 0 Å². The molecule has 0 atom stereocenters. The number of rotatable bonds is 5. The van der Waals surface area contributed by atoms with E-state index in [0.29, 0.717) is 13.3 Å². The second-order valence-corrected chi connectivity index (χ2v) is 3.73. The molecule has 0 spiro atoms. The molecule has 0 aromatic heterocycles. The van der Waals surface area contributed by atoms with Crippen LogP contribution in [0.4, 0.5) is 0 Å². The van der Waals surface area contributed by atoms with Crippen LogP contribution in [0.15, 0.2) is 18.2 Å². The van der Waals surface area contributed by atoms with E-state index in [1.807, 2.05) is 20.0 Å². The van der Waals surface area contributed by atoms with Gasteiger partial charge >= 0.3 is 0 Å². The molecule has 1 rings (SSSR count). The Hall–Kier alpha value is -1.06. The van der Waals surface area contributed by atoms with Gasteiger partial charge < -0.3 is 10.5 Å². The van der Waals surface area contributed by atoms with E-state index in [0.717, 1.165) is 12.3 Å². The van der Waals surface area contributed by atoms with E-state index < -0.39 is 0 Å². The number of benzene rings is 1. The SMILES string of the molecule is CCOc1ccc(CN(C)CN)cc1C. The van der Waals surface area contributed by atoms with Crippen molar-refractivity contribution in [3.63, 3.8) is 0 Å². The second kappa shape index (κ2) is 5.73. The number of aryl methyl sites for hydroxylation is 1. The standard InChI is InChI=1S/C12H20N2O/c1-4-15-12-6-5-11(7-10(12)2)8-14(3)9-13/h5-7H,4,8-9,13H2,1-3H3. The molecule has 2 N–H and O–H groups in total. The Morgan fingerprint density at radius 2 is 2.13 bits per heavy atom. The third kappa shape index (κ3) is 3.53. The quantitative estimate of drug-likeness (QED) is 0.749. The van der Waals surface area contributed by atoms with Crippen molar-refractivity contribution >= 4 is 0 Å². The van der Waals surface area contributed by atoms with Crippen LogP contribution in [0.1, 0.15) is 18.1 Å². The summed E-state index contributed by atoms with van der Waals surface area (Å²) < 4.78 is 5.48. The lowest BCUT2D eigenvalue weighted by atomic mass is 10.1. The summed E-state index contributed by atoms with van der Waals surface area (Å²) in [6, 6.07) is 6.26. The molecule has 0 radical (unpaired) electrons. The average Bonchev–Trinajstić information content (AvgIpc) is 2.22. The van der Waals surface area contributed by atoms with Gasteiger partial charge in [-0.3, -0.25) is 4.90 Å². The van der Waals surface area contributed by atoms with Crippen LogP contribution in [0.25, 0.3) is 0 Å². The van der Waals surface area contributed by atoms with Gasteiger partial charge in [-0.1, -0.05) is 12.1 Å². The highest BCUT2D eigenvalue weighted by Crippen LogP contribution is 2.19. The summed E-state index contributed by atoms with van der Waals surface area (Å²) in [6.07, 6.45) is 0. The molecule has 0 fully saturated rings. The molecule has 0 saturated carbocycles. The Morgan fingerprint density at radius 1 is 1.40 bits per heavy atom. The third-order valence-electron chi connectivity index (χ3n) is 2.30. The average molecular weight is 208 g/mol. The highest BCUT2D eigenvalue weighted by Gasteiger charge is 2.02. The number of hydrogen-bond acceptors (Lipinski definition) is 3. The summed E-state index contributed by atoms with van der Waals surface area (Å²) in [6.45, 7) is 6.23. The Labute approximate surface area is 91.8 Å². The van der Waals surface area contributed by atoms with Crippen LogP contribution in [0.2, 0.25) is 0 Å². The van der Waals surface area contributed by atoms with Crippen molar-refractivity contribution in [3.05, 3.63) is 29.3 Å². The zero-order valence-electron chi connectivity index (χ0n) is 9.79. The summed E-state index contributed by atoms with van der Waals surface area (Å²) in [5, 5.41) is 0. The van der Waals surface area contributed by atoms with Crippen molar-refractivity contribution in [2.45, 2.75) is 20.4 Å². The van der Waals surface area contributed by atoms with Crippen molar-refractivity contribution in [2.75, 3.05) is 20.3 Å². The number of ether oxygens (including phenoxy) is 1. The van der Waals surface area contributed by atoms with Crippen LogP contribution < -0.4 is 10.5 Å². The predicted molar refractivity (Wildman–Crippen MR) is 62.9 cm³/mol. The van der Waals surface area contributed by atoms with Crippen LogP contribution in [-0.2, 0) is 6.54 Å². The van der Waals surface area contributed by atoms with Crippen molar-refractivity contribution in [1.82, 2.24) is 4.90 Å². The van der Waals surface area contributed by atoms with Gasteiger partial charge in [0.1, 0.15) is 5.75 Å². The molecule has 1 aromatic carbocycles. The van der Waals surface area contributed by atoms with Crippen LogP contribution in [0.3, 0.4) is 0 Å². The van der Waals surface area contributed by atoms with Crippen LogP contribution in [0, 0.1) is 6.92 Å². The van der Waals surface area contributed by atoms with Crippen LogP contribution in [-0.4, -0.2) is 25.2 Å². The lowest BCUT2D eigenvalue weighted by Gasteiger charge is -2.15. The zero-order valence-corrected chi connectivity index (χ0v) is 9.79. The largest absolute Gasteiger partial charge is 0.494 e. The minimum Gasteiger partial charge on any atom is -0.494 e. The first kappa shape index (κ1) is 12.0. The molecule has 0 aliphatic carbocycles. The van der Waals surface area contributed by atoms with Gasteiger partial charge in [-0.05, 0) is 38.1 Å². The highest BCUT2D eigenvalue weighted by atomic mass is 16.5. The van der Waals surface area contributed by atoms with Gasteiger partial charge in [0.15, 0.2) is 0 Å². The maximum Gasteiger partial charge on any atom is 0.122 e. The number of nitrogens with zero attached hydrogens (tertiary/aromatic N) is 1. The van der Waals surface area contributed by atoms with Gasteiger partial charge in [-0.15, -0.1) is 0 Å². The smallest absolute Gasteiger partial charge is 0.122 e. The van der Waals surface area contributed by atoms with E-state index in [4.69, 9.17) is 10.5 Å². The number of hydrogen-bond donors (Lipinski definition) is 1. The Balaban J connectivity index is 2.73. The molecule has 0 unspecified atom stereocenters. The molecule has 3 nitrogen and oxygen atoms in total. The highest BCUT2D eigenvalue weighted by molar-refractivity contribution is 5.36. The Bertz CT molecular complexity index is 312. The van der Waals surface area contributed by atoms with E-state index in [9.17, 15) is 0 Å². The van der Waals surface area contributed by atoms with Crippen LogP contribution in [0.5, 0.6) is 5.75 Å². The van der Waals surface area contributed by atoms with Crippen molar-refractivity contribution in [2.24, 2.45) is 5.73 Å². The van der Waals surface area contributed by atoms with Gasteiger partial charge in [0.25, 0.3) is 0 Å². The van der Waals surface area contributed by atoms with E-state index in [-0.39, 0.29) is 0 Å². The first-order valence-electron chi connectivity index (χ1n) is 5.28. The molecule has 0 aliphatic heterocycles. The predicted octanol–water partition coefficient (Wildman–Crippen LogP) is 1.74. The lowest BCUT2D eigenvalue weighted by Crippen LogP contribution is -2.24. The van der Waals surface area contributed by atoms with Crippen molar-refractivity contribution in [3.8, 4) is 5.75 Å². The maximum atomic E-state index is 5.54. The van der Waals surface area contributed by atoms with Gasteiger partial charge in [-0.2, -0.15) is 0 Å². The molecule has 0 aliphatic rings. The van der Waals surface area contributed by atoms with Crippen LogP contribution >= 0.6 is 0 Å². The van der Waals surface area contributed by atoms with E-state index in [2.05, 4.69) is 24.0 Å². The van der Waals surface area contributed by atoms with Gasteiger partial charge in [0.2, 0.25) is 0 Å². The van der Waals surface area contributed by atoms with E-state index >= 15 is 0 Å². The lowest BCUT2D eigenvalue weighted by molar-refractivity contribution is 0.332. The molecule has 0 bridgehead atoms. The topological polar surface area (TPSA) is 38.5 Å². The van der Waals surface area contributed by atoms with E-state index in [1.54, 1.807) is 0 Å². The first-order valence-corrected chi connectivity index (χ1v) is 5.28. The number of nitrogens with two attached hydrogens (primary N) is 1. The Morgan fingerprint density at radius 3 is 2.67 bits per heavy atom. The third-order valence-corrected chi connectivity index (χ3v) is 2.30. The molecule has 0 amide bonds. The summed E-state index contributed by atoms with van der Waals surface area (Å²) in [5.74, 6) is 0.969.